The maximum absolute atomic E-state index is 5.90. The van der Waals surface area contributed by atoms with Gasteiger partial charge in [0.2, 0.25) is 0 Å². The molecule has 0 amide bonds. The molecule has 136 valence electrons. The molecule has 0 radical (unpaired) electrons. The van der Waals surface area contributed by atoms with Crippen LogP contribution in [0.4, 0.5) is 0 Å². The molecule has 3 atom stereocenters. The number of rotatable bonds is 10. The molecule has 3 unspecified atom stereocenters. The smallest absolute Gasteiger partial charge is 0.161 e. The molecule has 0 aliphatic carbocycles. The Bertz CT molecular complexity index is 496. The summed E-state index contributed by atoms with van der Waals surface area (Å²) in [7, 11) is 0. The van der Waals surface area contributed by atoms with Gasteiger partial charge in [-0.1, -0.05) is 19.9 Å². The molecular formula is C19H33N3O2. The van der Waals surface area contributed by atoms with Crippen LogP contribution in [0.25, 0.3) is 0 Å². The molecule has 1 heterocycles. The first-order valence-corrected chi connectivity index (χ1v) is 9.27. The number of benzene rings is 1. The summed E-state index contributed by atoms with van der Waals surface area (Å²) in [5.74, 6) is 2.31. The Morgan fingerprint density at radius 2 is 1.88 bits per heavy atom. The van der Waals surface area contributed by atoms with Crippen LogP contribution in [0.3, 0.4) is 0 Å². The van der Waals surface area contributed by atoms with E-state index in [0.29, 0.717) is 18.6 Å². The maximum atomic E-state index is 5.90. The minimum atomic E-state index is 0.280. The van der Waals surface area contributed by atoms with E-state index < -0.39 is 0 Å². The third kappa shape index (κ3) is 5.36. The molecular weight excluding hydrogens is 302 g/mol. The Morgan fingerprint density at radius 1 is 1.17 bits per heavy atom. The predicted molar refractivity (Wildman–Crippen MR) is 98.5 cm³/mol. The van der Waals surface area contributed by atoms with Gasteiger partial charge >= 0.3 is 0 Å². The number of hydrogen-bond acceptors (Lipinski definition) is 5. The third-order valence-electron chi connectivity index (χ3n) is 4.48. The van der Waals surface area contributed by atoms with Crippen molar-refractivity contribution < 1.29 is 9.47 Å². The number of hydrogen-bond donors (Lipinski definition) is 3. The zero-order valence-corrected chi connectivity index (χ0v) is 15.5. The van der Waals surface area contributed by atoms with E-state index in [2.05, 4.69) is 56.0 Å². The largest absolute Gasteiger partial charge is 0.490 e. The predicted octanol–water partition coefficient (Wildman–Crippen LogP) is 3.03. The van der Waals surface area contributed by atoms with Crippen LogP contribution in [0.15, 0.2) is 18.2 Å². The third-order valence-corrected chi connectivity index (χ3v) is 4.48. The molecule has 2 rings (SSSR count). The second-order valence-corrected chi connectivity index (χ2v) is 6.61. The maximum Gasteiger partial charge on any atom is 0.161 e. The van der Waals surface area contributed by atoms with Crippen LogP contribution < -0.4 is 25.6 Å². The van der Waals surface area contributed by atoms with Crippen molar-refractivity contribution in [2.24, 2.45) is 5.92 Å². The zero-order valence-electron chi connectivity index (χ0n) is 15.5. The van der Waals surface area contributed by atoms with E-state index in [-0.39, 0.29) is 6.04 Å². The highest BCUT2D eigenvalue weighted by atomic mass is 16.5. The normalized spacial score (nSPS) is 21.7. The molecule has 1 aromatic rings. The standard InChI is InChI=1S/C19H33N3O2/c1-5-9-23-18-8-7-16(11-19(18)24-10-6-2)14(3)20-12-17-13-21-22-15(17)4/h7-8,11,14-15,17,20-22H,5-6,9-10,12-13H2,1-4H3. The molecule has 5 heteroatoms. The van der Waals surface area contributed by atoms with Gasteiger partial charge in [0.25, 0.3) is 0 Å². The van der Waals surface area contributed by atoms with Crippen molar-refractivity contribution in [1.82, 2.24) is 16.2 Å². The molecule has 24 heavy (non-hydrogen) atoms. The van der Waals surface area contributed by atoms with Crippen molar-refractivity contribution >= 4 is 0 Å². The lowest BCUT2D eigenvalue weighted by atomic mass is 10.0. The molecule has 0 spiro atoms. The number of nitrogens with one attached hydrogen (secondary N) is 3. The summed E-state index contributed by atoms with van der Waals surface area (Å²) in [5.41, 5.74) is 7.72. The van der Waals surface area contributed by atoms with E-state index in [1.807, 2.05) is 6.07 Å². The summed E-state index contributed by atoms with van der Waals surface area (Å²) in [5, 5.41) is 3.64. The first kappa shape index (κ1) is 19.0. The van der Waals surface area contributed by atoms with Crippen LogP contribution in [-0.2, 0) is 0 Å². The van der Waals surface area contributed by atoms with E-state index >= 15 is 0 Å². The minimum Gasteiger partial charge on any atom is -0.490 e. The topological polar surface area (TPSA) is 54.5 Å². The van der Waals surface area contributed by atoms with Gasteiger partial charge in [-0.3, -0.25) is 10.9 Å². The Kier molecular flexibility index (Phi) is 7.82. The molecule has 1 aliphatic heterocycles. The van der Waals surface area contributed by atoms with Gasteiger partial charge in [0, 0.05) is 31.1 Å². The Balaban J connectivity index is 1.99. The molecule has 1 aromatic carbocycles. The monoisotopic (exact) mass is 335 g/mol. The molecule has 0 saturated carbocycles. The average Bonchev–Trinajstić information content (AvgIpc) is 3.01. The van der Waals surface area contributed by atoms with E-state index in [4.69, 9.17) is 9.47 Å². The Labute approximate surface area is 146 Å². The van der Waals surface area contributed by atoms with Gasteiger partial charge in [-0.15, -0.1) is 0 Å². The quantitative estimate of drug-likeness (QED) is 0.614. The van der Waals surface area contributed by atoms with Crippen LogP contribution >= 0.6 is 0 Å². The lowest BCUT2D eigenvalue weighted by Crippen LogP contribution is -2.33. The van der Waals surface area contributed by atoms with Gasteiger partial charge in [0.1, 0.15) is 0 Å². The molecule has 5 nitrogen and oxygen atoms in total. The lowest BCUT2D eigenvalue weighted by molar-refractivity contribution is 0.268. The Morgan fingerprint density at radius 3 is 2.50 bits per heavy atom. The second-order valence-electron chi connectivity index (χ2n) is 6.61. The van der Waals surface area contributed by atoms with E-state index in [1.54, 1.807) is 0 Å². The van der Waals surface area contributed by atoms with Crippen LogP contribution in [0.2, 0.25) is 0 Å². The average molecular weight is 335 g/mol. The first-order valence-electron chi connectivity index (χ1n) is 9.27. The summed E-state index contributed by atoms with van der Waals surface area (Å²) in [6.45, 7) is 12.1. The van der Waals surface area contributed by atoms with Crippen molar-refractivity contribution in [3.05, 3.63) is 23.8 Å². The van der Waals surface area contributed by atoms with Crippen molar-refractivity contribution in [2.45, 2.75) is 52.6 Å². The van der Waals surface area contributed by atoms with E-state index in [0.717, 1.165) is 44.0 Å². The summed E-state index contributed by atoms with van der Waals surface area (Å²) in [6, 6.07) is 7.07. The summed E-state index contributed by atoms with van der Waals surface area (Å²) in [6.07, 6.45) is 1.99. The van der Waals surface area contributed by atoms with Crippen LogP contribution in [0, 0.1) is 5.92 Å². The van der Waals surface area contributed by atoms with Gasteiger partial charge in [-0.25, -0.2) is 0 Å². The molecule has 3 N–H and O–H groups in total. The van der Waals surface area contributed by atoms with Crippen molar-refractivity contribution in [1.29, 1.82) is 0 Å². The molecule has 0 bridgehead atoms. The van der Waals surface area contributed by atoms with Crippen molar-refractivity contribution in [3.63, 3.8) is 0 Å². The van der Waals surface area contributed by atoms with Gasteiger partial charge in [-0.2, -0.15) is 0 Å². The van der Waals surface area contributed by atoms with Crippen LogP contribution in [-0.4, -0.2) is 32.3 Å². The summed E-state index contributed by atoms with van der Waals surface area (Å²) >= 11 is 0. The van der Waals surface area contributed by atoms with Gasteiger partial charge in [0.15, 0.2) is 11.5 Å². The second kappa shape index (κ2) is 9.87. The fraction of sp³-hybridized carbons (Fsp3) is 0.684. The van der Waals surface area contributed by atoms with E-state index in [9.17, 15) is 0 Å². The van der Waals surface area contributed by atoms with Gasteiger partial charge in [-0.05, 0) is 44.4 Å². The summed E-state index contributed by atoms with van der Waals surface area (Å²) < 4.78 is 11.7. The SMILES string of the molecule is CCCOc1ccc(C(C)NCC2CNNC2C)cc1OCCC. The highest BCUT2D eigenvalue weighted by Gasteiger charge is 2.23. The van der Waals surface area contributed by atoms with E-state index in [1.165, 1.54) is 5.56 Å². The number of hydrazine groups is 1. The van der Waals surface area contributed by atoms with Crippen molar-refractivity contribution in [3.8, 4) is 11.5 Å². The lowest BCUT2D eigenvalue weighted by Gasteiger charge is -2.21. The molecule has 1 saturated heterocycles. The fourth-order valence-corrected chi connectivity index (χ4v) is 2.79. The summed E-state index contributed by atoms with van der Waals surface area (Å²) in [4.78, 5) is 0. The minimum absolute atomic E-state index is 0.280. The van der Waals surface area contributed by atoms with Crippen LogP contribution in [0.1, 0.15) is 52.1 Å². The zero-order chi connectivity index (χ0) is 17.4. The molecule has 1 fully saturated rings. The Hall–Kier alpha value is -1.30. The highest BCUT2D eigenvalue weighted by molar-refractivity contribution is 5.43. The molecule has 0 aromatic heterocycles. The number of ether oxygens (including phenoxy) is 2. The highest BCUT2D eigenvalue weighted by Crippen LogP contribution is 2.31. The van der Waals surface area contributed by atoms with Gasteiger partial charge in [0.05, 0.1) is 13.2 Å². The first-order chi connectivity index (χ1) is 11.7. The van der Waals surface area contributed by atoms with Gasteiger partial charge < -0.3 is 14.8 Å². The molecule has 1 aliphatic rings. The van der Waals surface area contributed by atoms with Crippen LogP contribution in [0.5, 0.6) is 11.5 Å². The fourth-order valence-electron chi connectivity index (χ4n) is 2.79. The van der Waals surface area contributed by atoms with Crippen molar-refractivity contribution in [2.75, 3.05) is 26.3 Å².